The van der Waals surface area contributed by atoms with Crippen LogP contribution in [-0.2, 0) is 14.3 Å². The van der Waals surface area contributed by atoms with Gasteiger partial charge in [-0.25, -0.2) is 19.6 Å². The van der Waals surface area contributed by atoms with Gasteiger partial charge in [-0.1, -0.05) is 38.0 Å². The van der Waals surface area contributed by atoms with E-state index >= 15 is 0 Å². The number of likely N-dealkylation sites (tertiary alicyclic amines) is 2. The smallest absolute Gasteiger partial charge is 0.411 e. The van der Waals surface area contributed by atoms with Crippen molar-refractivity contribution < 1.29 is 23.9 Å². The lowest BCUT2D eigenvalue weighted by molar-refractivity contribution is -0.136. The first-order chi connectivity index (χ1) is 24.9. The minimum absolute atomic E-state index is 0.0924. The van der Waals surface area contributed by atoms with Gasteiger partial charge in [0.2, 0.25) is 5.91 Å². The fourth-order valence-corrected chi connectivity index (χ4v) is 8.00. The molecule has 4 aromatic rings. The number of amides is 3. The van der Waals surface area contributed by atoms with Crippen molar-refractivity contribution in [2.75, 3.05) is 7.11 Å². The van der Waals surface area contributed by atoms with Crippen LogP contribution in [-0.4, -0.2) is 78.7 Å². The van der Waals surface area contributed by atoms with Crippen molar-refractivity contribution in [2.24, 2.45) is 17.8 Å². The van der Waals surface area contributed by atoms with Crippen molar-refractivity contribution in [2.45, 2.75) is 96.1 Å². The van der Waals surface area contributed by atoms with Gasteiger partial charge in [-0.15, -0.1) is 0 Å². The van der Waals surface area contributed by atoms with E-state index in [1.165, 1.54) is 7.11 Å². The van der Waals surface area contributed by atoms with Crippen LogP contribution in [0.25, 0.3) is 22.0 Å². The number of nitrogens with one attached hydrogen (secondary N) is 3. The third-order valence-corrected chi connectivity index (χ3v) is 10.8. The molecule has 2 aromatic carbocycles. The average molecular weight is 704 g/mol. The molecule has 4 heterocycles. The number of ether oxygens (including phenoxy) is 2. The van der Waals surface area contributed by atoms with Crippen LogP contribution in [0.3, 0.4) is 0 Å². The predicted octanol–water partition coefficient (Wildman–Crippen LogP) is 6.47. The second kappa shape index (κ2) is 12.7. The maximum Gasteiger partial charge on any atom is 0.411 e. The number of H-pyrrole nitrogens is 2. The Kier molecular flexibility index (Phi) is 8.27. The Morgan fingerprint density at radius 1 is 0.865 bits per heavy atom. The molecular weight excluding hydrogens is 658 g/mol. The third-order valence-electron chi connectivity index (χ3n) is 10.8. The predicted molar refractivity (Wildman–Crippen MR) is 194 cm³/mol. The van der Waals surface area contributed by atoms with Crippen LogP contribution in [0.1, 0.15) is 95.3 Å². The molecule has 12 heteroatoms. The van der Waals surface area contributed by atoms with Gasteiger partial charge in [-0.2, -0.15) is 0 Å². The Hall–Kier alpha value is -5.31. The Bertz CT molecular complexity index is 2120. The molecule has 0 bridgehead atoms. The number of aromatic amines is 2. The third kappa shape index (κ3) is 6.49. The first-order valence-electron chi connectivity index (χ1n) is 18.2. The standard InChI is InChI=1S/C40H45N7O5/c1-21(2)34(45-38(49)51-6)37(48)46-30-15-26(30)17-32(46)36-42-20-29(44-36)25-11-10-23-13-22(7-9-24(23)14-25)8-12-28-19-41-35(43-28)33-18-27-16-31(27)47(33)39(50)52-40(3,4)5/h7,9-11,13-14,19-21,26-27,30-34H,15-18H2,1-6H3,(H,41,43)(H,42,44)(H,45,49)/t26?,27-,30-,31-,32+,33+,34+/m1/s1. The average Bonchev–Trinajstić information content (AvgIpc) is 3.70. The summed E-state index contributed by atoms with van der Waals surface area (Å²) in [6.45, 7) is 9.50. The van der Waals surface area contributed by atoms with E-state index in [4.69, 9.17) is 19.4 Å². The summed E-state index contributed by atoms with van der Waals surface area (Å²) in [4.78, 5) is 58.9. The minimum atomic E-state index is -0.672. The summed E-state index contributed by atoms with van der Waals surface area (Å²) in [7, 11) is 1.30. The fourth-order valence-electron chi connectivity index (χ4n) is 8.00. The number of piperidine rings is 2. The zero-order valence-corrected chi connectivity index (χ0v) is 30.4. The van der Waals surface area contributed by atoms with Gasteiger partial charge in [-0.05, 0) is 99.1 Å². The van der Waals surface area contributed by atoms with E-state index in [-0.39, 0.29) is 42.1 Å². The van der Waals surface area contributed by atoms with Crippen molar-refractivity contribution in [3.05, 3.63) is 71.7 Å². The second-order valence-corrected chi connectivity index (χ2v) is 16.0. The van der Waals surface area contributed by atoms with Crippen LogP contribution >= 0.6 is 0 Å². The summed E-state index contributed by atoms with van der Waals surface area (Å²) >= 11 is 0. The number of aromatic nitrogens is 4. The Labute approximate surface area is 303 Å². The Morgan fingerprint density at radius 2 is 1.52 bits per heavy atom. The van der Waals surface area contributed by atoms with Crippen LogP contribution < -0.4 is 5.32 Å². The maximum absolute atomic E-state index is 13.8. The molecule has 2 aliphatic heterocycles. The number of nitrogens with zero attached hydrogens (tertiary/aromatic N) is 4. The summed E-state index contributed by atoms with van der Waals surface area (Å²) in [5, 5.41) is 4.85. The number of alkyl carbamates (subject to hydrolysis) is 1. The van der Waals surface area contributed by atoms with E-state index in [1.54, 1.807) is 6.20 Å². The van der Waals surface area contributed by atoms with Gasteiger partial charge in [-0.3, -0.25) is 9.69 Å². The zero-order chi connectivity index (χ0) is 36.5. The highest BCUT2D eigenvalue weighted by Crippen LogP contribution is 2.54. The molecule has 4 fully saturated rings. The van der Waals surface area contributed by atoms with E-state index in [2.05, 4.69) is 51.4 Å². The van der Waals surface area contributed by atoms with Crippen molar-refractivity contribution in [1.82, 2.24) is 35.1 Å². The first kappa shape index (κ1) is 33.8. The lowest BCUT2D eigenvalue weighted by atomic mass is 10.0. The van der Waals surface area contributed by atoms with E-state index in [9.17, 15) is 14.4 Å². The zero-order valence-electron chi connectivity index (χ0n) is 30.4. The van der Waals surface area contributed by atoms with Crippen molar-refractivity contribution in [1.29, 1.82) is 0 Å². The maximum atomic E-state index is 13.8. The number of carbonyl (C=O) groups excluding carboxylic acids is 3. The van der Waals surface area contributed by atoms with Crippen molar-refractivity contribution in [3.8, 4) is 23.1 Å². The van der Waals surface area contributed by atoms with Gasteiger partial charge in [0.1, 0.15) is 29.0 Å². The van der Waals surface area contributed by atoms with E-state index in [0.717, 1.165) is 64.9 Å². The highest BCUT2D eigenvalue weighted by molar-refractivity contribution is 5.88. The van der Waals surface area contributed by atoms with E-state index < -0.39 is 17.7 Å². The molecule has 2 aromatic heterocycles. The quantitative estimate of drug-likeness (QED) is 0.195. The molecule has 52 heavy (non-hydrogen) atoms. The summed E-state index contributed by atoms with van der Waals surface area (Å²) in [6, 6.07) is 11.8. The van der Waals surface area contributed by atoms with Crippen LogP contribution in [0.2, 0.25) is 0 Å². The topological polar surface area (TPSA) is 146 Å². The van der Waals surface area contributed by atoms with Gasteiger partial charge in [0.15, 0.2) is 0 Å². The Balaban J connectivity index is 0.956. The highest BCUT2D eigenvalue weighted by atomic mass is 16.6. The number of rotatable bonds is 6. The molecule has 270 valence electrons. The van der Waals surface area contributed by atoms with Gasteiger partial charge < -0.3 is 29.7 Å². The molecule has 7 atom stereocenters. The summed E-state index contributed by atoms with van der Waals surface area (Å²) in [5.41, 5.74) is 2.72. The lowest BCUT2D eigenvalue weighted by Crippen LogP contribution is -2.52. The SMILES string of the molecule is COC(=O)N[C@H](C(=O)N1[C@@H]2CC2C[C@H]1c1nc(-c2ccc3cc(C#Cc4c[nH]c([C@@H]5C[C@H]6C[C@H]6N5C(=O)OC(C)(C)C)n4)ccc3c2)c[nH]1)C(C)C. The van der Waals surface area contributed by atoms with Crippen LogP contribution in [0.4, 0.5) is 9.59 Å². The molecule has 8 rings (SSSR count). The molecule has 2 saturated heterocycles. The number of carbonyl (C=O) groups is 3. The molecule has 0 radical (unpaired) electrons. The number of fused-ring (bicyclic) bond motifs is 3. The van der Waals surface area contributed by atoms with Crippen LogP contribution in [0.5, 0.6) is 0 Å². The highest BCUT2D eigenvalue weighted by Gasteiger charge is 2.57. The summed E-state index contributed by atoms with van der Waals surface area (Å²) in [6.07, 6.45) is 6.54. The number of hydrogen-bond acceptors (Lipinski definition) is 7. The summed E-state index contributed by atoms with van der Waals surface area (Å²) in [5.74, 6) is 8.71. The minimum Gasteiger partial charge on any atom is -0.453 e. The molecule has 1 unspecified atom stereocenters. The molecule has 0 spiro atoms. The van der Waals surface area contributed by atoms with E-state index in [1.807, 2.05) is 62.7 Å². The fraction of sp³-hybridized carbons (Fsp3) is 0.475. The van der Waals surface area contributed by atoms with Gasteiger partial charge in [0, 0.05) is 35.6 Å². The summed E-state index contributed by atoms with van der Waals surface area (Å²) < 4.78 is 10.5. The molecule has 4 aliphatic rings. The number of hydrogen-bond donors (Lipinski definition) is 3. The number of benzene rings is 2. The Morgan fingerprint density at radius 3 is 2.23 bits per heavy atom. The van der Waals surface area contributed by atoms with Gasteiger partial charge >= 0.3 is 12.2 Å². The molecular formula is C40H45N7O5. The van der Waals surface area contributed by atoms with Crippen LogP contribution in [0, 0.1) is 29.6 Å². The van der Waals surface area contributed by atoms with Crippen molar-refractivity contribution >= 4 is 28.9 Å². The largest absolute Gasteiger partial charge is 0.453 e. The molecule has 3 amide bonds. The molecule has 12 nitrogen and oxygen atoms in total. The first-order valence-corrected chi connectivity index (χ1v) is 18.2. The van der Waals surface area contributed by atoms with Gasteiger partial charge in [0.05, 0.1) is 24.9 Å². The van der Waals surface area contributed by atoms with Gasteiger partial charge in [0.25, 0.3) is 0 Å². The second-order valence-electron chi connectivity index (χ2n) is 16.0. The van der Waals surface area contributed by atoms with E-state index in [0.29, 0.717) is 17.5 Å². The lowest BCUT2D eigenvalue weighted by Gasteiger charge is -2.31. The monoisotopic (exact) mass is 703 g/mol. The molecule has 3 N–H and O–H groups in total. The van der Waals surface area contributed by atoms with Crippen molar-refractivity contribution in [3.63, 3.8) is 0 Å². The van der Waals surface area contributed by atoms with Crippen LogP contribution in [0.15, 0.2) is 48.8 Å². The number of methoxy groups -OCH3 is 1. The number of imidazole rings is 2. The molecule has 2 aliphatic carbocycles. The normalized spacial score (nSPS) is 24.9. The molecule has 2 saturated carbocycles.